The summed E-state index contributed by atoms with van der Waals surface area (Å²) in [5.41, 5.74) is 6.50. The second-order valence-corrected chi connectivity index (χ2v) is 8.35. The van der Waals surface area contributed by atoms with Crippen LogP contribution in [-0.2, 0) is 20.4 Å². The van der Waals surface area contributed by atoms with Crippen LogP contribution in [0.5, 0.6) is 0 Å². The van der Waals surface area contributed by atoms with Crippen molar-refractivity contribution in [2.75, 3.05) is 13.1 Å². The molecule has 4 rings (SSSR count). The summed E-state index contributed by atoms with van der Waals surface area (Å²) in [6.07, 6.45) is 2.93. The topological polar surface area (TPSA) is 76.3 Å². The second kappa shape index (κ2) is 8.34. The maximum Gasteiger partial charge on any atom is 0.237 e. The molecule has 2 N–H and O–H groups in total. The average Bonchev–Trinajstić information content (AvgIpc) is 2.84. The lowest BCUT2D eigenvalue weighted by Gasteiger charge is -2.44. The summed E-state index contributed by atoms with van der Waals surface area (Å²) in [6.45, 7) is 2.77. The van der Waals surface area contributed by atoms with Crippen LogP contribution in [0.4, 0.5) is 0 Å². The number of nitrogens with zero attached hydrogens (tertiary/aromatic N) is 2. The highest BCUT2D eigenvalue weighted by molar-refractivity contribution is 5.93. The number of carbonyl (C=O) groups excluding carboxylic acids is 2. The number of hydrogen-bond donors (Lipinski definition) is 1. The van der Waals surface area contributed by atoms with Crippen molar-refractivity contribution >= 4 is 11.8 Å². The van der Waals surface area contributed by atoms with Crippen molar-refractivity contribution in [2.45, 2.75) is 30.6 Å². The zero-order chi connectivity index (χ0) is 21.9. The first-order chi connectivity index (χ1) is 15.0. The smallest absolute Gasteiger partial charge is 0.237 e. The second-order valence-electron chi connectivity index (χ2n) is 8.35. The van der Waals surface area contributed by atoms with Gasteiger partial charge in [0, 0.05) is 19.3 Å². The molecule has 5 nitrogen and oxygen atoms in total. The minimum Gasteiger partial charge on any atom is -0.369 e. The van der Waals surface area contributed by atoms with Gasteiger partial charge in [0.2, 0.25) is 11.8 Å². The quantitative estimate of drug-likeness (QED) is 0.696. The zero-order valence-corrected chi connectivity index (χ0v) is 17.7. The Morgan fingerprint density at radius 2 is 1.52 bits per heavy atom. The Kier molecular flexibility index (Phi) is 5.59. The Bertz CT molecular complexity index is 1010. The fourth-order valence-electron chi connectivity index (χ4n) is 4.68. The zero-order valence-electron chi connectivity index (χ0n) is 17.7. The SMILES string of the molecule is CC(C(=O)N1CCC[C@](C(N)=O)(c2ccccn2)C1)(c1ccccc1)c1ccccc1. The molecule has 1 aromatic heterocycles. The lowest BCUT2D eigenvalue weighted by molar-refractivity contribution is -0.139. The van der Waals surface area contributed by atoms with E-state index < -0.39 is 16.7 Å². The van der Waals surface area contributed by atoms with E-state index in [1.165, 1.54) is 0 Å². The molecular weight excluding hydrogens is 386 g/mol. The van der Waals surface area contributed by atoms with Crippen LogP contribution in [0.15, 0.2) is 85.1 Å². The molecule has 0 radical (unpaired) electrons. The van der Waals surface area contributed by atoms with Crippen molar-refractivity contribution in [2.24, 2.45) is 5.73 Å². The molecule has 5 heteroatoms. The van der Waals surface area contributed by atoms with Gasteiger partial charge in [-0.15, -0.1) is 0 Å². The lowest BCUT2D eigenvalue weighted by atomic mass is 9.72. The van der Waals surface area contributed by atoms with Gasteiger partial charge in [0.15, 0.2) is 0 Å². The van der Waals surface area contributed by atoms with Gasteiger partial charge >= 0.3 is 0 Å². The van der Waals surface area contributed by atoms with Crippen LogP contribution >= 0.6 is 0 Å². The minimum atomic E-state index is -0.983. The molecule has 1 fully saturated rings. The fraction of sp³-hybridized carbons (Fsp3) is 0.269. The number of rotatable bonds is 5. The minimum absolute atomic E-state index is 0.0360. The van der Waals surface area contributed by atoms with E-state index in [0.717, 1.165) is 11.1 Å². The van der Waals surface area contributed by atoms with E-state index >= 15 is 0 Å². The molecule has 1 atom stereocenters. The molecule has 0 saturated carbocycles. The van der Waals surface area contributed by atoms with Crippen molar-refractivity contribution in [3.63, 3.8) is 0 Å². The molecule has 1 saturated heterocycles. The molecule has 3 aromatic rings. The Hall–Kier alpha value is -3.47. The van der Waals surface area contributed by atoms with Gasteiger partial charge in [-0.1, -0.05) is 66.7 Å². The molecule has 0 aliphatic carbocycles. The summed E-state index contributed by atoms with van der Waals surface area (Å²) in [5.74, 6) is -0.476. The van der Waals surface area contributed by atoms with Gasteiger partial charge in [-0.3, -0.25) is 14.6 Å². The van der Waals surface area contributed by atoms with Crippen molar-refractivity contribution in [3.8, 4) is 0 Å². The van der Waals surface area contributed by atoms with E-state index in [9.17, 15) is 9.59 Å². The lowest BCUT2D eigenvalue weighted by Crippen LogP contribution is -2.58. The number of benzene rings is 2. The van der Waals surface area contributed by atoms with Gasteiger partial charge in [-0.2, -0.15) is 0 Å². The van der Waals surface area contributed by atoms with Crippen molar-refractivity contribution in [1.82, 2.24) is 9.88 Å². The Morgan fingerprint density at radius 3 is 2.03 bits per heavy atom. The number of primary amides is 1. The first kappa shape index (κ1) is 20.8. The van der Waals surface area contributed by atoms with Gasteiger partial charge in [-0.05, 0) is 43.0 Å². The summed E-state index contributed by atoms with van der Waals surface area (Å²) in [5, 5.41) is 0. The summed E-state index contributed by atoms with van der Waals surface area (Å²) < 4.78 is 0. The van der Waals surface area contributed by atoms with Crippen LogP contribution in [0.25, 0.3) is 0 Å². The molecule has 0 unspecified atom stereocenters. The normalized spacial score (nSPS) is 19.1. The maximum atomic E-state index is 14.1. The average molecular weight is 414 g/mol. The molecular formula is C26H27N3O2. The highest BCUT2D eigenvalue weighted by atomic mass is 16.2. The molecule has 0 bridgehead atoms. The van der Waals surface area contributed by atoms with Crippen LogP contribution < -0.4 is 5.73 Å². The highest BCUT2D eigenvalue weighted by Gasteiger charge is 2.48. The predicted octanol–water partition coefficient (Wildman–Crippen LogP) is 3.43. The molecule has 1 aliphatic rings. The van der Waals surface area contributed by atoms with Crippen LogP contribution in [-0.4, -0.2) is 34.8 Å². The summed E-state index contributed by atoms with van der Waals surface area (Å²) in [6, 6.07) is 25.1. The first-order valence-electron chi connectivity index (χ1n) is 10.6. The molecule has 158 valence electrons. The van der Waals surface area contributed by atoms with Gasteiger partial charge in [0.05, 0.1) is 11.1 Å². The van der Waals surface area contributed by atoms with Crippen LogP contribution in [0.2, 0.25) is 0 Å². The van der Waals surface area contributed by atoms with E-state index in [4.69, 9.17) is 5.73 Å². The third-order valence-corrected chi connectivity index (χ3v) is 6.54. The van der Waals surface area contributed by atoms with Gasteiger partial charge in [0.1, 0.15) is 5.41 Å². The Balaban J connectivity index is 1.77. The standard InChI is InChI=1S/C26H27N3O2/c1-25(20-11-4-2-5-12-20,21-13-6-3-7-14-21)24(31)29-18-10-16-26(19-29,23(27)30)22-15-8-9-17-28-22/h2-9,11-15,17H,10,16,18-19H2,1H3,(H2,27,30)/t26-/m1/s1. The fourth-order valence-corrected chi connectivity index (χ4v) is 4.68. The Morgan fingerprint density at radius 1 is 0.935 bits per heavy atom. The van der Waals surface area contributed by atoms with Gasteiger partial charge < -0.3 is 10.6 Å². The molecule has 2 amide bonds. The molecule has 2 aromatic carbocycles. The summed E-state index contributed by atoms with van der Waals surface area (Å²) in [4.78, 5) is 33.0. The van der Waals surface area contributed by atoms with E-state index in [-0.39, 0.29) is 12.5 Å². The van der Waals surface area contributed by atoms with Crippen molar-refractivity contribution in [1.29, 1.82) is 0 Å². The van der Waals surface area contributed by atoms with Gasteiger partial charge in [-0.25, -0.2) is 0 Å². The molecule has 31 heavy (non-hydrogen) atoms. The molecule has 1 aliphatic heterocycles. The summed E-state index contributed by atoms with van der Waals surface area (Å²) in [7, 11) is 0. The molecule has 2 heterocycles. The van der Waals surface area contributed by atoms with Crippen LogP contribution in [0, 0.1) is 0 Å². The van der Waals surface area contributed by atoms with Crippen LogP contribution in [0.1, 0.15) is 36.6 Å². The monoisotopic (exact) mass is 413 g/mol. The maximum absolute atomic E-state index is 14.1. The van der Waals surface area contributed by atoms with Crippen LogP contribution in [0.3, 0.4) is 0 Å². The third-order valence-electron chi connectivity index (χ3n) is 6.54. The number of carbonyl (C=O) groups is 2. The number of amides is 2. The van der Waals surface area contributed by atoms with Crippen molar-refractivity contribution < 1.29 is 9.59 Å². The van der Waals surface area contributed by atoms with E-state index in [1.54, 1.807) is 11.1 Å². The van der Waals surface area contributed by atoms with E-state index in [2.05, 4.69) is 4.98 Å². The summed E-state index contributed by atoms with van der Waals surface area (Å²) >= 11 is 0. The number of nitrogens with two attached hydrogens (primary N) is 1. The Labute approximate surface area is 182 Å². The van der Waals surface area contributed by atoms with Gasteiger partial charge in [0.25, 0.3) is 0 Å². The number of piperidine rings is 1. The number of hydrogen-bond acceptors (Lipinski definition) is 3. The first-order valence-corrected chi connectivity index (χ1v) is 10.6. The third kappa shape index (κ3) is 3.61. The van der Waals surface area contributed by atoms with E-state index in [0.29, 0.717) is 25.1 Å². The highest BCUT2D eigenvalue weighted by Crippen LogP contribution is 2.38. The number of aromatic nitrogens is 1. The number of pyridine rings is 1. The predicted molar refractivity (Wildman–Crippen MR) is 120 cm³/mol. The molecule has 0 spiro atoms. The number of likely N-dealkylation sites (tertiary alicyclic amines) is 1. The van der Waals surface area contributed by atoms with Crippen molar-refractivity contribution in [3.05, 3.63) is 102 Å². The van der Waals surface area contributed by atoms with E-state index in [1.807, 2.05) is 85.8 Å². The largest absolute Gasteiger partial charge is 0.369 e.